The second-order valence-electron chi connectivity index (χ2n) is 6.71. The number of allylic oxidation sites excluding steroid dienone is 1. The van der Waals surface area contributed by atoms with Crippen molar-refractivity contribution in [3.05, 3.63) is 35.4 Å². The molecule has 0 N–H and O–H groups in total. The Bertz CT molecular complexity index is 539. The fourth-order valence-electron chi connectivity index (χ4n) is 2.98. The smallest absolute Gasteiger partial charge is 0.165 e. The molecule has 21 heavy (non-hydrogen) atoms. The first-order valence-electron chi connectivity index (χ1n) is 7.79. The van der Waals surface area contributed by atoms with Crippen LogP contribution in [0.15, 0.2) is 29.8 Å². The van der Waals surface area contributed by atoms with Crippen LogP contribution in [0.1, 0.15) is 46.1 Å². The Kier molecular flexibility index (Phi) is 4.55. The first-order chi connectivity index (χ1) is 9.88. The summed E-state index contributed by atoms with van der Waals surface area (Å²) in [5, 5.41) is 0. The summed E-state index contributed by atoms with van der Waals surface area (Å²) >= 11 is 0. The van der Waals surface area contributed by atoms with E-state index in [1.165, 1.54) is 0 Å². The summed E-state index contributed by atoms with van der Waals surface area (Å²) in [6.45, 7) is 8.58. The molecule has 2 heteroatoms. The van der Waals surface area contributed by atoms with Crippen molar-refractivity contribution in [3.8, 4) is 5.75 Å². The van der Waals surface area contributed by atoms with Gasteiger partial charge in [-0.2, -0.15) is 0 Å². The Labute approximate surface area is 128 Å². The Morgan fingerprint density at radius 2 is 1.90 bits per heavy atom. The molecular formula is C19H26O2. The van der Waals surface area contributed by atoms with Crippen LogP contribution >= 0.6 is 0 Å². The fourth-order valence-corrected chi connectivity index (χ4v) is 2.98. The van der Waals surface area contributed by atoms with Crippen LogP contribution in [0, 0.1) is 17.3 Å². The van der Waals surface area contributed by atoms with Gasteiger partial charge in [0.2, 0.25) is 0 Å². The number of ether oxygens (including phenoxy) is 1. The second kappa shape index (κ2) is 6.05. The molecule has 0 aliphatic heterocycles. The predicted molar refractivity (Wildman–Crippen MR) is 87.3 cm³/mol. The van der Waals surface area contributed by atoms with E-state index < -0.39 is 0 Å². The summed E-state index contributed by atoms with van der Waals surface area (Å²) in [5.41, 5.74) is 1.83. The lowest BCUT2D eigenvalue weighted by Crippen LogP contribution is -2.40. The van der Waals surface area contributed by atoms with E-state index in [-0.39, 0.29) is 5.41 Å². The number of hydrogen-bond donors (Lipinski definition) is 0. The highest BCUT2D eigenvalue weighted by Crippen LogP contribution is 2.44. The van der Waals surface area contributed by atoms with Crippen molar-refractivity contribution in [2.24, 2.45) is 17.3 Å². The lowest BCUT2D eigenvalue weighted by Gasteiger charge is -2.39. The van der Waals surface area contributed by atoms with E-state index in [9.17, 15) is 4.79 Å². The zero-order valence-electron chi connectivity index (χ0n) is 13.8. The Balaban J connectivity index is 2.34. The third-order valence-electron chi connectivity index (χ3n) is 5.12. The molecule has 2 rings (SSSR count). The SMILES string of the molecule is COc1ccc(/C=C2/C(=O)[C@@](C)(C(C)C)CC[C@H]2C)cc1. The Hall–Kier alpha value is -1.57. The maximum absolute atomic E-state index is 12.9. The van der Waals surface area contributed by atoms with Gasteiger partial charge in [-0.3, -0.25) is 4.79 Å². The standard InChI is InChI=1S/C19H26O2/c1-13(2)19(4)11-10-14(3)17(18(19)20)12-15-6-8-16(21-5)9-7-15/h6-9,12-14H,10-11H2,1-5H3/b17-12+/t14-,19-/m1/s1. The number of rotatable bonds is 3. The summed E-state index contributed by atoms with van der Waals surface area (Å²) < 4.78 is 5.18. The van der Waals surface area contributed by atoms with E-state index in [1.807, 2.05) is 24.3 Å². The molecule has 1 aliphatic rings. The van der Waals surface area contributed by atoms with Crippen LogP contribution < -0.4 is 4.74 Å². The average Bonchev–Trinajstić information content (AvgIpc) is 2.48. The number of ketones is 1. The van der Waals surface area contributed by atoms with E-state index >= 15 is 0 Å². The number of hydrogen-bond acceptors (Lipinski definition) is 2. The van der Waals surface area contributed by atoms with Crippen LogP contribution in [-0.4, -0.2) is 12.9 Å². The molecule has 0 spiro atoms. The van der Waals surface area contributed by atoms with E-state index in [2.05, 4.69) is 33.8 Å². The van der Waals surface area contributed by atoms with Crippen LogP contribution in [-0.2, 0) is 4.79 Å². The van der Waals surface area contributed by atoms with Gasteiger partial charge in [0.25, 0.3) is 0 Å². The van der Waals surface area contributed by atoms with Crippen LogP contribution in [0.25, 0.3) is 6.08 Å². The highest BCUT2D eigenvalue weighted by Gasteiger charge is 2.42. The molecule has 1 aliphatic carbocycles. The summed E-state index contributed by atoms with van der Waals surface area (Å²) in [6, 6.07) is 7.89. The van der Waals surface area contributed by atoms with Crippen LogP contribution in [0.4, 0.5) is 0 Å². The number of methoxy groups -OCH3 is 1. The number of carbonyl (C=O) groups is 1. The van der Waals surface area contributed by atoms with E-state index in [4.69, 9.17) is 4.74 Å². The molecule has 0 unspecified atom stereocenters. The Morgan fingerprint density at radius 1 is 1.29 bits per heavy atom. The van der Waals surface area contributed by atoms with E-state index in [0.29, 0.717) is 17.6 Å². The minimum atomic E-state index is -0.217. The third kappa shape index (κ3) is 3.04. The molecule has 2 nitrogen and oxygen atoms in total. The highest BCUT2D eigenvalue weighted by molar-refractivity contribution is 6.04. The lowest BCUT2D eigenvalue weighted by atomic mass is 9.63. The van der Waals surface area contributed by atoms with Gasteiger partial charge in [-0.15, -0.1) is 0 Å². The predicted octanol–water partition coefficient (Wildman–Crippen LogP) is 4.74. The van der Waals surface area contributed by atoms with Crippen LogP contribution in [0.5, 0.6) is 5.75 Å². The van der Waals surface area contributed by atoms with Crippen LogP contribution in [0.2, 0.25) is 0 Å². The summed E-state index contributed by atoms with van der Waals surface area (Å²) in [6.07, 6.45) is 4.14. The molecule has 0 amide bonds. The molecule has 2 atom stereocenters. The quantitative estimate of drug-likeness (QED) is 0.750. The Morgan fingerprint density at radius 3 is 2.43 bits per heavy atom. The number of benzene rings is 1. The maximum Gasteiger partial charge on any atom is 0.165 e. The largest absolute Gasteiger partial charge is 0.497 e. The van der Waals surface area contributed by atoms with Crippen molar-refractivity contribution in [3.63, 3.8) is 0 Å². The van der Waals surface area contributed by atoms with Crippen molar-refractivity contribution in [1.82, 2.24) is 0 Å². The molecule has 1 aromatic rings. The molecule has 114 valence electrons. The van der Waals surface area contributed by atoms with Gasteiger partial charge in [-0.05, 0) is 54.0 Å². The molecule has 0 radical (unpaired) electrons. The molecule has 1 fully saturated rings. The molecule has 0 aromatic heterocycles. The monoisotopic (exact) mass is 286 g/mol. The normalized spacial score (nSPS) is 28.2. The van der Waals surface area contributed by atoms with Crippen molar-refractivity contribution in [2.45, 2.75) is 40.5 Å². The minimum absolute atomic E-state index is 0.217. The molecule has 0 heterocycles. The van der Waals surface area contributed by atoms with Crippen molar-refractivity contribution in [2.75, 3.05) is 7.11 Å². The summed E-state index contributed by atoms with van der Waals surface area (Å²) in [5.74, 6) is 1.88. The summed E-state index contributed by atoms with van der Waals surface area (Å²) in [4.78, 5) is 12.9. The average molecular weight is 286 g/mol. The van der Waals surface area contributed by atoms with E-state index in [1.54, 1.807) is 7.11 Å². The highest BCUT2D eigenvalue weighted by atomic mass is 16.5. The van der Waals surface area contributed by atoms with Crippen LogP contribution in [0.3, 0.4) is 0 Å². The van der Waals surface area contributed by atoms with Crippen molar-refractivity contribution in [1.29, 1.82) is 0 Å². The maximum atomic E-state index is 12.9. The van der Waals surface area contributed by atoms with Gasteiger partial charge in [-0.25, -0.2) is 0 Å². The first-order valence-corrected chi connectivity index (χ1v) is 7.79. The number of Topliss-reactive ketones (excluding diaryl/α,β-unsaturated/α-hetero) is 1. The first kappa shape index (κ1) is 15.8. The third-order valence-corrected chi connectivity index (χ3v) is 5.12. The minimum Gasteiger partial charge on any atom is -0.497 e. The van der Waals surface area contributed by atoms with Gasteiger partial charge in [0.05, 0.1) is 7.11 Å². The number of carbonyl (C=O) groups excluding carboxylic acids is 1. The lowest BCUT2D eigenvalue weighted by molar-refractivity contribution is -0.129. The topological polar surface area (TPSA) is 26.3 Å². The van der Waals surface area contributed by atoms with Gasteiger partial charge >= 0.3 is 0 Å². The van der Waals surface area contributed by atoms with Gasteiger partial charge < -0.3 is 4.74 Å². The van der Waals surface area contributed by atoms with Gasteiger partial charge in [0.15, 0.2) is 5.78 Å². The fraction of sp³-hybridized carbons (Fsp3) is 0.526. The summed E-state index contributed by atoms with van der Waals surface area (Å²) in [7, 11) is 1.66. The van der Waals surface area contributed by atoms with Crippen molar-refractivity contribution >= 4 is 11.9 Å². The zero-order chi connectivity index (χ0) is 15.6. The van der Waals surface area contributed by atoms with Gasteiger partial charge in [0, 0.05) is 5.41 Å². The molecule has 0 bridgehead atoms. The van der Waals surface area contributed by atoms with Gasteiger partial charge in [-0.1, -0.05) is 39.8 Å². The zero-order valence-corrected chi connectivity index (χ0v) is 13.8. The van der Waals surface area contributed by atoms with E-state index in [0.717, 1.165) is 29.7 Å². The molecule has 1 aromatic carbocycles. The second-order valence-corrected chi connectivity index (χ2v) is 6.71. The molecular weight excluding hydrogens is 260 g/mol. The van der Waals surface area contributed by atoms with Gasteiger partial charge in [0.1, 0.15) is 5.75 Å². The molecule has 1 saturated carbocycles. The molecule has 0 saturated heterocycles. The van der Waals surface area contributed by atoms with Crippen molar-refractivity contribution < 1.29 is 9.53 Å².